The van der Waals surface area contributed by atoms with Gasteiger partial charge in [0.1, 0.15) is 17.7 Å². The zero-order chi connectivity index (χ0) is 16.2. The number of anilines is 1. The summed E-state index contributed by atoms with van der Waals surface area (Å²) in [6, 6.07) is 3.71. The minimum absolute atomic E-state index is 0.172. The van der Waals surface area contributed by atoms with Crippen molar-refractivity contribution in [1.82, 2.24) is 29.4 Å². The van der Waals surface area contributed by atoms with Crippen molar-refractivity contribution in [1.29, 1.82) is 0 Å². The number of rotatable bonds is 5. The van der Waals surface area contributed by atoms with E-state index in [2.05, 4.69) is 30.1 Å². The van der Waals surface area contributed by atoms with E-state index in [1.165, 1.54) is 17.9 Å². The van der Waals surface area contributed by atoms with Crippen LogP contribution >= 0.6 is 11.5 Å². The lowest BCUT2D eigenvalue weighted by atomic mass is 10.2. The number of nitrogens with one attached hydrogen (secondary N) is 2. The van der Waals surface area contributed by atoms with E-state index in [4.69, 9.17) is 0 Å². The highest BCUT2D eigenvalue weighted by Crippen LogP contribution is 2.23. The fourth-order valence-corrected chi connectivity index (χ4v) is 2.91. The smallest absolute Gasteiger partial charge is 0.256 e. The van der Waals surface area contributed by atoms with Crippen LogP contribution in [-0.2, 0) is 6.54 Å². The number of pyridine rings is 1. The summed E-state index contributed by atoms with van der Waals surface area (Å²) in [6.45, 7) is 2.15. The summed E-state index contributed by atoms with van der Waals surface area (Å²) in [5.74, 6) is 0.466. The second-order valence-electron chi connectivity index (χ2n) is 4.73. The molecule has 0 aliphatic rings. The van der Waals surface area contributed by atoms with Crippen molar-refractivity contribution in [3.8, 4) is 5.82 Å². The zero-order valence-electron chi connectivity index (χ0n) is 12.6. The molecule has 23 heavy (non-hydrogen) atoms. The second-order valence-corrected chi connectivity index (χ2v) is 5.50. The van der Waals surface area contributed by atoms with Crippen molar-refractivity contribution in [3.63, 3.8) is 0 Å². The molecule has 0 saturated heterocycles. The molecule has 0 aromatic carbocycles. The lowest BCUT2D eigenvalue weighted by Gasteiger charge is -2.10. The predicted molar refractivity (Wildman–Crippen MR) is 86.7 cm³/mol. The highest BCUT2D eigenvalue weighted by Gasteiger charge is 2.18. The van der Waals surface area contributed by atoms with Crippen molar-refractivity contribution < 1.29 is 4.79 Å². The Morgan fingerprint density at radius 1 is 1.43 bits per heavy atom. The van der Waals surface area contributed by atoms with E-state index >= 15 is 0 Å². The third kappa shape index (κ3) is 3.04. The fourth-order valence-electron chi connectivity index (χ4n) is 2.16. The summed E-state index contributed by atoms with van der Waals surface area (Å²) in [5, 5.41) is 10.7. The van der Waals surface area contributed by atoms with E-state index in [1.54, 1.807) is 24.3 Å². The number of amides is 1. The Kier molecular flexibility index (Phi) is 4.29. The van der Waals surface area contributed by atoms with Gasteiger partial charge in [-0.2, -0.15) is 9.47 Å². The zero-order valence-corrected chi connectivity index (χ0v) is 13.5. The summed E-state index contributed by atoms with van der Waals surface area (Å²) in [6.07, 6.45) is 4.69. The Bertz CT molecular complexity index is 812. The van der Waals surface area contributed by atoms with Crippen molar-refractivity contribution in [3.05, 3.63) is 47.8 Å². The number of hydrogen-bond donors (Lipinski definition) is 2. The topological polar surface area (TPSA) is 97.6 Å². The minimum Gasteiger partial charge on any atom is -0.378 e. The molecule has 0 unspecified atom stereocenters. The second kappa shape index (κ2) is 6.53. The number of carbonyl (C=O) groups excluding carboxylic acids is 1. The van der Waals surface area contributed by atoms with Gasteiger partial charge in [0.05, 0.1) is 11.3 Å². The monoisotopic (exact) mass is 329 g/mol. The van der Waals surface area contributed by atoms with Gasteiger partial charge in [-0.1, -0.05) is 6.07 Å². The number of carbonyl (C=O) groups is 1. The van der Waals surface area contributed by atoms with Crippen molar-refractivity contribution >= 4 is 22.4 Å². The van der Waals surface area contributed by atoms with Crippen LogP contribution in [0.5, 0.6) is 0 Å². The average molecular weight is 329 g/mol. The van der Waals surface area contributed by atoms with Gasteiger partial charge in [-0.3, -0.25) is 4.79 Å². The van der Waals surface area contributed by atoms with E-state index in [0.29, 0.717) is 23.6 Å². The Morgan fingerprint density at radius 2 is 2.30 bits per heavy atom. The summed E-state index contributed by atoms with van der Waals surface area (Å²) in [7, 11) is 1.77. The molecule has 3 aromatic rings. The van der Waals surface area contributed by atoms with Crippen LogP contribution in [0.25, 0.3) is 5.82 Å². The largest absolute Gasteiger partial charge is 0.378 e. The van der Waals surface area contributed by atoms with E-state index in [1.807, 2.05) is 19.1 Å². The van der Waals surface area contributed by atoms with E-state index in [-0.39, 0.29) is 5.91 Å². The van der Waals surface area contributed by atoms with Crippen LogP contribution in [0, 0.1) is 6.92 Å². The molecule has 0 aliphatic carbocycles. The Labute approximate surface area is 136 Å². The quantitative estimate of drug-likeness (QED) is 0.734. The third-order valence-corrected chi connectivity index (χ3v) is 4.22. The molecule has 0 saturated carbocycles. The van der Waals surface area contributed by atoms with Gasteiger partial charge in [0, 0.05) is 25.4 Å². The number of aryl methyl sites for hydroxylation is 1. The molecule has 118 valence electrons. The average Bonchev–Trinajstić information content (AvgIpc) is 3.22. The molecule has 0 bridgehead atoms. The van der Waals surface area contributed by atoms with Crippen molar-refractivity contribution in [2.24, 2.45) is 0 Å². The molecule has 1 amide bonds. The van der Waals surface area contributed by atoms with Gasteiger partial charge >= 0.3 is 0 Å². The van der Waals surface area contributed by atoms with Crippen molar-refractivity contribution in [2.45, 2.75) is 13.5 Å². The first kappa shape index (κ1) is 15.1. The van der Waals surface area contributed by atoms with Crippen LogP contribution in [-0.4, -0.2) is 37.1 Å². The van der Waals surface area contributed by atoms with Gasteiger partial charge in [-0.25, -0.2) is 14.6 Å². The molecule has 9 heteroatoms. The van der Waals surface area contributed by atoms with E-state index in [0.717, 1.165) is 10.6 Å². The van der Waals surface area contributed by atoms with Crippen LogP contribution in [0.2, 0.25) is 0 Å². The van der Waals surface area contributed by atoms with Crippen LogP contribution in [0.3, 0.4) is 0 Å². The summed E-state index contributed by atoms with van der Waals surface area (Å²) >= 11 is 1.27. The van der Waals surface area contributed by atoms with E-state index in [9.17, 15) is 4.79 Å². The summed E-state index contributed by atoms with van der Waals surface area (Å²) in [4.78, 5) is 20.7. The standard InChI is InChI=1S/C14H15N7OS/c1-9-11(14(15-2)23-20-9)13(22)18-6-10-4-3-5-17-12(10)21-8-16-7-19-21/h3-5,7-8,15H,6H2,1-2H3,(H,18,22). The molecule has 0 atom stereocenters. The van der Waals surface area contributed by atoms with Gasteiger partial charge in [-0.15, -0.1) is 0 Å². The van der Waals surface area contributed by atoms with Gasteiger partial charge in [0.25, 0.3) is 5.91 Å². The molecular weight excluding hydrogens is 314 g/mol. The molecule has 0 spiro atoms. The van der Waals surface area contributed by atoms with Gasteiger partial charge in [-0.05, 0) is 24.5 Å². The summed E-state index contributed by atoms with van der Waals surface area (Å²) < 4.78 is 5.77. The van der Waals surface area contributed by atoms with Gasteiger partial charge in [0.15, 0.2) is 5.82 Å². The van der Waals surface area contributed by atoms with Gasteiger partial charge < -0.3 is 10.6 Å². The van der Waals surface area contributed by atoms with Crippen LogP contribution < -0.4 is 10.6 Å². The van der Waals surface area contributed by atoms with E-state index < -0.39 is 0 Å². The maximum Gasteiger partial charge on any atom is 0.256 e. The first-order valence-corrected chi connectivity index (χ1v) is 7.69. The van der Waals surface area contributed by atoms with Crippen molar-refractivity contribution in [2.75, 3.05) is 12.4 Å². The highest BCUT2D eigenvalue weighted by atomic mass is 32.1. The summed E-state index contributed by atoms with van der Waals surface area (Å²) in [5.41, 5.74) is 2.13. The normalized spacial score (nSPS) is 10.5. The number of nitrogens with zero attached hydrogens (tertiary/aromatic N) is 5. The maximum atomic E-state index is 12.4. The molecule has 8 nitrogen and oxygen atoms in total. The van der Waals surface area contributed by atoms with Crippen LogP contribution in [0.4, 0.5) is 5.00 Å². The molecule has 3 heterocycles. The van der Waals surface area contributed by atoms with Crippen LogP contribution in [0.15, 0.2) is 31.0 Å². The highest BCUT2D eigenvalue weighted by molar-refractivity contribution is 7.10. The molecule has 0 radical (unpaired) electrons. The fraction of sp³-hybridized carbons (Fsp3) is 0.214. The molecule has 2 N–H and O–H groups in total. The molecule has 0 aliphatic heterocycles. The SMILES string of the molecule is CNc1snc(C)c1C(=O)NCc1cccnc1-n1cncn1. The Balaban J connectivity index is 1.79. The third-order valence-electron chi connectivity index (χ3n) is 3.26. The predicted octanol–water partition coefficient (Wildman–Crippen LogP) is 1.40. The lowest BCUT2D eigenvalue weighted by molar-refractivity contribution is 0.0951. The molecular formula is C14H15N7OS. The molecule has 3 rings (SSSR count). The lowest BCUT2D eigenvalue weighted by Crippen LogP contribution is -2.24. The molecule has 0 fully saturated rings. The first-order valence-electron chi connectivity index (χ1n) is 6.92. The minimum atomic E-state index is -0.172. The first-order chi connectivity index (χ1) is 11.2. The number of aromatic nitrogens is 5. The van der Waals surface area contributed by atoms with Crippen LogP contribution in [0.1, 0.15) is 21.6 Å². The maximum absolute atomic E-state index is 12.4. The Morgan fingerprint density at radius 3 is 3.04 bits per heavy atom. The van der Waals surface area contributed by atoms with Gasteiger partial charge in [0.2, 0.25) is 0 Å². The number of hydrogen-bond acceptors (Lipinski definition) is 7. The molecule has 3 aromatic heterocycles. The Hall–Kier alpha value is -2.81.